The number of urea groups is 1. The van der Waals surface area contributed by atoms with Crippen molar-refractivity contribution in [1.82, 2.24) is 10.2 Å². The fraction of sp³-hybridized carbons (Fsp3) is 0.0870. The summed E-state index contributed by atoms with van der Waals surface area (Å²) in [5, 5.41) is 15.3. The lowest BCUT2D eigenvalue weighted by molar-refractivity contribution is 0.262. The number of anilines is 2. The van der Waals surface area contributed by atoms with E-state index in [2.05, 4.69) is 45.1 Å². The topological polar surface area (TPSA) is 76.1 Å². The average Bonchev–Trinajstić information content (AvgIpc) is 3.23. The smallest absolute Gasteiger partial charge is 0.325 e. The van der Waals surface area contributed by atoms with E-state index in [0.717, 1.165) is 16.1 Å². The second-order valence-electron chi connectivity index (χ2n) is 6.51. The highest BCUT2D eigenvalue weighted by molar-refractivity contribution is 7.15. The van der Waals surface area contributed by atoms with Gasteiger partial charge in [0.15, 0.2) is 0 Å². The van der Waals surface area contributed by atoms with Crippen LogP contribution in [0.5, 0.6) is 5.75 Å². The molecule has 1 heterocycles. The molecule has 6 nitrogen and oxygen atoms in total. The first kappa shape index (κ1) is 19.6. The Kier molecular flexibility index (Phi) is 6.01. The van der Waals surface area contributed by atoms with E-state index in [9.17, 15) is 4.79 Å². The number of benzene rings is 3. The van der Waals surface area contributed by atoms with Crippen molar-refractivity contribution >= 4 is 28.2 Å². The van der Waals surface area contributed by atoms with Crippen molar-refractivity contribution in [2.75, 3.05) is 17.7 Å². The maximum atomic E-state index is 12.4. The Morgan fingerprint density at radius 3 is 2.17 bits per heavy atom. The van der Waals surface area contributed by atoms with Gasteiger partial charge in [-0.25, -0.2) is 4.79 Å². The van der Waals surface area contributed by atoms with E-state index in [4.69, 9.17) is 4.74 Å². The lowest BCUT2D eigenvalue weighted by Gasteiger charge is -2.14. The monoisotopic (exact) mass is 416 g/mol. The van der Waals surface area contributed by atoms with Crippen molar-refractivity contribution in [3.63, 3.8) is 0 Å². The highest BCUT2D eigenvalue weighted by Crippen LogP contribution is 2.34. The third-order valence-corrected chi connectivity index (χ3v) is 5.41. The number of methoxy groups -OCH3 is 1. The zero-order chi connectivity index (χ0) is 20.8. The lowest BCUT2D eigenvalue weighted by atomic mass is 9.92. The molecule has 0 unspecified atom stereocenters. The number of nitrogens with zero attached hydrogens (tertiary/aromatic N) is 2. The highest BCUT2D eigenvalue weighted by atomic mass is 32.1. The fourth-order valence-corrected chi connectivity index (χ4v) is 4.03. The molecular formula is C23H20N4O2S. The van der Waals surface area contributed by atoms with Crippen LogP contribution in [0.1, 0.15) is 22.1 Å². The molecule has 0 saturated heterocycles. The lowest BCUT2D eigenvalue weighted by Crippen LogP contribution is -2.19. The van der Waals surface area contributed by atoms with Crippen LogP contribution < -0.4 is 15.4 Å². The molecule has 30 heavy (non-hydrogen) atoms. The first-order valence-electron chi connectivity index (χ1n) is 9.38. The minimum Gasteiger partial charge on any atom is -0.497 e. The van der Waals surface area contributed by atoms with E-state index in [1.54, 1.807) is 19.2 Å². The summed E-state index contributed by atoms with van der Waals surface area (Å²) in [5.74, 6) is 0.612. The van der Waals surface area contributed by atoms with Gasteiger partial charge in [0.25, 0.3) is 0 Å². The third-order valence-electron chi connectivity index (χ3n) is 4.50. The summed E-state index contributed by atoms with van der Waals surface area (Å²) in [6.45, 7) is 0. The fourth-order valence-electron chi connectivity index (χ4n) is 3.13. The van der Waals surface area contributed by atoms with Gasteiger partial charge in [-0.05, 0) is 23.3 Å². The standard InChI is InChI=1S/C23H20N4O2S/c1-29-19-14-8-13-18(15-19)24-22(28)25-23-27-26-21(30-23)20(16-9-4-2-5-10-16)17-11-6-3-7-12-17/h2-15,20H,1H3,(H2,24,25,27,28). The first-order valence-corrected chi connectivity index (χ1v) is 10.2. The summed E-state index contributed by atoms with van der Waals surface area (Å²) < 4.78 is 5.18. The molecule has 0 radical (unpaired) electrons. The quantitative estimate of drug-likeness (QED) is 0.443. The summed E-state index contributed by atoms with van der Waals surface area (Å²) in [6, 6.07) is 27.0. The first-order chi connectivity index (χ1) is 14.7. The third kappa shape index (κ3) is 4.64. The Morgan fingerprint density at radius 1 is 0.867 bits per heavy atom. The van der Waals surface area contributed by atoms with Crippen LogP contribution in [-0.4, -0.2) is 23.3 Å². The average molecular weight is 417 g/mol. The number of nitrogens with one attached hydrogen (secondary N) is 2. The molecule has 2 N–H and O–H groups in total. The van der Waals surface area contributed by atoms with E-state index in [-0.39, 0.29) is 11.9 Å². The molecule has 0 bridgehead atoms. The summed E-state index contributed by atoms with van der Waals surface area (Å²) in [4.78, 5) is 12.4. The van der Waals surface area contributed by atoms with Crippen LogP contribution in [0, 0.1) is 0 Å². The SMILES string of the molecule is COc1cccc(NC(=O)Nc2nnc(C(c3ccccc3)c3ccccc3)s2)c1. The van der Waals surface area contributed by atoms with E-state index in [1.165, 1.54) is 11.3 Å². The number of hydrogen-bond acceptors (Lipinski definition) is 5. The van der Waals surface area contributed by atoms with Gasteiger partial charge in [-0.3, -0.25) is 5.32 Å². The second-order valence-corrected chi connectivity index (χ2v) is 7.52. The zero-order valence-corrected chi connectivity index (χ0v) is 17.1. The number of carbonyl (C=O) groups is 1. The van der Waals surface area contributed by atoms with Gasteiger partial charge in [-0.2, -0.15) is 0 Å². The van der Waals surface area contributed by atoms with Gasteiger partial charge in [-0.1, -0.05) is 78.1 Å². The number of carbonyl (C=O) groups excluding carboxylic acids is 1. The normalized spacial score (nSPS) is 10.6. The zero-order valence-electron chi connectivity index (χ0n) is 16.3. The molecule has 0 aliphatic carbocycles. The summed E-state index contributed by atoms with van der Waals surface area (Å²) >= 11 is 1.36. The molecule has 4 aromatic rings. The van der Waals surface area contributed by atoms with Gasteiger partial charge < -0.3 is 10.1 Å². The Labute approximate surface area is 178 Å². The highest BCUT2D eigenvalue weighted by Gasteiger charge is 2.21. The molecule has 2 amide bonds. The van der Waals surface area contributed by atoms with Crippen molar-refractivity contribution in [3.8, 4) is 5.75 Å². The molecular weight excluding hydrogens is 396 g/mol. The van der Waals surface area contributed by atoms with E-state index < -0.39 is 0 Å². The summed E-state index contributed by atoms with van der Waals surface area (Å²) in [6.07, 6.45) is 0. The van der Waals surface area contributed by atoms with Crippen LogP contribution in [-0.2, 0) is 0 Å². The number of rotatable bonds is 6. The van der Waals surface area contributed by atoms with Crippen molar-refractivity contribution in [2.45, 2.75) is 5.92 Å². The van der Waals surface area contributed by atoms with Gasteiger partial charge >= 0.3 is 6.03 Å². The van der Waals surface area contributed by atoms with E-state index in [1.807, 2.05) is 48.5 Å². The largest absolute Gasteiger partial charge is 0.497 e. The van der Waals surface area contributed by atoms with Gasteiger partial charge in [0.05, 0.1) is 13.0 Å². The molecule has 0 atom stereocenters. The molecule has 0 aliphatic rings. The Morgan fingerprint density at radius 2 is 1.53 bits per heavy atom. The van der Waals surface area contributed by atoms with Crippen LogP contribution >= 0.6 is 11.3 Å². The predicted molar refractivity (Wildman–Crippen MR) is 119 cm³/mol. The Balaban J connectivity index is 1.53. The van der Waals surface area contributed by atoms with Crippen molar-refractivity contribution < 1.29 is 9.53 Å². The van der Waals surface area contributed by atoms with Crippen molar-refractivity contribution in [3.05, 3.63) is 101 Å². The predicted octanol–water partition coefficient (Wildman–Crippen LogP) is 5.37. The maximum absolute atomic E-state index is 12.4. The number of aromatic nitrogens is 2. The molecule has 0 saturated carbocycles. The maximum Gasteiger partial charge on any atom is 0.325 e. The van der Waals surface area contributed by atoms with Crippen LogP contribution in [0.2, 0.25) is 0 Å². The van der Waals surface area contributed by atoms with Crippen LogP contribution in [0.25, 0.3) is 0 Å². The molecule has 4 rings (SSSR count). The van der Waals surface area contributed by atoms with Crippen LogP contribution in [0.4, 0.5) is 15.6 Å². The van der Waals surface area contributed by atoms with E-state index >= 15 is 0 Å². The van der Waals surface area contributed by atoms with Crippen LogP contribution in [0.3, 0.4) is 0 Å². The molecule has 3 aromatic carbocycles. The molecule has 0 fully saturated rings. The summed E-state index contributed by atoms with van der Waals surface area (Å²) in [7, 11) is 1.58. The molecule has 1 aromatic heterocycles. The number of ether oxygens (including phenoxy) is 1. The molecule has 0 spiro atoms. The molecule has 0 aliphatic heterocycles. The van der Waals surface area contributed by atoms with Crippen molar-refractivity contribution in [2.24, 2.45) is 0 Å². The van der Waals surface area contributed by atoms with Gasteiger partial charge in [0, 0.05) is 11.8 Å². The van der Waals surface area contributed by atoms with Crippen LogP contribution in [0.15, 0.2) is 84.9 Å². The van der Waals surface area contributed by atoms with Gasteiger partial charge in [-0.15, -0.1) is 10.2 Å². The van der Waals surface area contributed by atoms with Crippen molar-refractivity contribution in [1.29, 1.82) is 0 Å². The second kappa shape index (κ2) is 9.19. The number of amides is 2. The van der Waals surface area contributed by atoms with E-state index in [0.29, 0.717) is 16.6 Å². The number of hydrogen-bond donors (Lipinski definition) is 2. The van der Waals surface area contributed by atoms with Gasteiger partial charge in [0.2, 0.25) is 5.13 Å². The summed E-state index contributed by atoms with van der Waals surface area (Å²) in [5.41, 5.74) is 2.86. The molecule has 7 heteroatoms. The minimum absolute atomic E-state index is 0.0538. The van der Waals surface area contributed by atoms with Gasteiger partial charge in [0.1, 0.15) is 10.8 Å². The Hall–Kier alpha value is -3.71. The Bertz CT molecular complexity index is 1080. The molecule has 150 valence electrons. The minimum atomic E-state index is -0.387.